The predicted molar refractivity (Wildman–Crippen MR) is 153 cm³/mol. The van der Waals surface area contributed by atoms with Crippen molar-refractivity contribution < 1.29 is 27.6 Å². The molecule has 1 aromatic heterocycles. The van der Waals surface area contributed by atoms with Crippen molar-refractivity contribution in [2.75, 3.05) is 67.6 Å². The summed E-state index contributed by atoms with van der Waals surface area (Å²) in [5.74, 6) is -1.49. The van der Waals surface area contributed by atoms with Crippen LogP contribution in [0, 0.1) is 19.8 Å². The molecular formula is C30H35F3N6O3. The zero-order chi connectivity index (χ0) is 30.3. The average molecular weight is 585 g/mol. The summed E-state index contributed by atoms with van der Waals surface area (Å²) in [7, 11) is 1.64. The standard InChI is InChI=1S/C30H35F3N6O3/c1-5-25(40)37-12-9-36(10-13-37)11-14-38-18-21-16-26(41)39(24-17-22(30(31,32)33)15-20(3)34-24)28(21)29(42)35(4)23-8-6-7-19(2)27(23)38/h5-8,15,17,21,28H,1,9-14,16,18H2,2-4H3/t21-,28+/m1/s1. The van der Waals surface area contributed by atoms with E-state index in [1.807, 2.05) is 25.1 Å². The van der Waals surface area contributed by atoms with Gasteiger partial charge in [-0.1, -0.05) is 18.7 Å². The Labute approximate surface area is 243 Å². The van der Waals surface area contributed by atoms with Crippen LogP contribution in [0.25, 0.3) is 0 Å². The third-order valence-electron chi connectivity index (χ3n) is 8.42. The number of pyridine rings is 1. The maximum absolute atomic E-state index is 14.0. The Morgan fingerprint density at radius 1 is 1.10 bits per heavy atom. The number of likely N-dealkylation sites (N-methyl/N-ethyl adjacent to an activating group) is 1. The largest absolute Gasteiger partial charge is 0.416 e. The zero-order valence-electron chi connectivity index (χ0n) is 24.0. The molecule has 3 aliphatic rings. The van der Waals surface area contributed by atoms with Crippen molar-refractivity contribution in [3.8, 4) is 0 Å². The Hall–Kier alpha value is -3.93. The molecule has 2 saturated heterocycles. The van der Waals surface area contributed by atoms with Crippen molar-refractivity contribution in [2.45, 2.75) is 32.5 Å². The molecule has 0 unspecified atom stereocenters. The van der Waals surface area contributed by atoms with Gasteiger partial charge >= 0.3 is 6.18 Å². The molecule has 224 valence electrons. The van der Waals surface area contributed by atoms with Gasteiger partial charge in [0, 0.05) is 70.9 Å². The minimum Gasteiger partial charge on any atom is -0.368 e. The molecule has 3 aliphatic heterocycles. The van der Waals surface area contributed by atoms with E-state index in [-0.39, 0.29) is 29.7 Å². The predicted octanol–water partition coefficient (Wildman–Crippen LogP) is 3.25. The van der Waals surface area contributed by atoms with Crippen LogP contribution in [0.5, 0.6) is 0 Å². The number of aryl methyl sites for hydroxylation is 2. The molecule has 0 saturated carbocycles. The van der Waals surface area contributed by atoms with Gasteiger partial charge in [0.25, 0.3) is 0 Å². The van der Waals surface area contributed by atoms with E-state index in [0.717, 1.165) is 23.4 Å². The number of rotatable bonds is 5. The number of nitrogens with zero attached hydrogens (tertiary/aromatic N) is 6. The minimum atomic E-state index is -4.62. The number of fused-ring (bicyclic) bond motifs is 2. The Bertz CT molecular complexity index is 1410. The number of amides is 3. The molecular weight excluding hydrogens is 549 g/mol. The zero-order valence-corrected chi connectivity index (χ0v) is 24.0. The molecule has 3 amide bonds. The second-order valence-electron chi connectivity index (χ2n) is 11.2. The van der Waals surface area contributed by atoms with E-state index in [1.54, 1.807) is 11.9 Å². The van der Waals surface area contributed by atoms with Gasteiger partial charge < -0.3 is 14.7 Å². The summed E-state index contributed by atoms with van der Waals surface area (Å²) in [4.78, 5) is 52.6. The fourth-order valence-corrected chi connectivity index (χ4v) is 6.29. The normalized spacial score (nSPS) is 21.7. The number of anilines is 3. The fraction of sp³-hybridized carbons (Fsp3) is 0.467. The van der Waals surface area contributed by atoms with Crippen molar-refractivity contribution in [1.82, 2.24) is 14.8 Å². The monoisotopic (exact) mass is 584 g/mol. The minimum absolute atomic E-state index is 0.0152. The molecule has 2 atom stereocenters. The van der Waals surface area contributed by atoms with Crippen molar-refractivity contribution in [1.29, 1.82) is 0 Å². The lowest BCUT2D eigenvalue weighted by atomic mass is 9.95. The SMILES string of the molecule is C=CC(=O)N1CCN(CCN2C[C@H]3CC(=O)N(c4cc(C(F)(F)F)cc(C)n4)[C@@H]3C(=O)N(C)c3cccc(C)c32)CC1. The van der Waals surface area contributed by atoms with Gasteiger partial charge in [-0.3, -0.25) is 24.2 Å². The molecule has 5 rings (SSSR count). The summed E-state index contributed by atoms with van der Waals surface area (Å²) >= 11 is 0. The molecule has 0 bridgehead atoms. The summed E-state index contributed by atoms with van der Waals surface area (Å²) in [5, 5.41) is 0. The molecule has 12 heteroatoms. The first kappa shape index (κ1) is 29.6. The second-order valence-corrected chi connectivity index (χ2v) is 11.2. The van der Waals surface area contributed by atoms with Crippen LogP contribution in [0.15, 0.2) is 43.0 Å². The number of aromatic nitrogens is 1. The number of piperazine rings is 1. The van der Waals surface area contributed by atoms with E-state index >= 15 is 0 Å². The van der Waals surface area contributed by atoms with Gasteiger partial charge in [-0.05, 0) is 43.7 Å². The highest BCUT2D eigenvalue weighted by Gasteiger charge is 2.49. The second kappa shape index (κ2) is 11.4. The molecule has 0 aliphatic carbocycles. The molecule has 9 nitrogen and oxygen atoms in total. The quantitative estimate of drug-likeness (QED) is 0.503. The lowest BCUT2D eigenvalue weighted by Crippen LogP contribution is -2.54. The van der Waals surface area contributed by atoms with Crippen LogP contribution >= 0.6 is 0 Å². The summed E-state index contributed by atoms with van der Waals surface area (Å²) < 4.78 is 41.0. The van der Waals surface area contributed by atoms with Crippen LogP contribution in [0.2, 0.25) is 0 Å². The molecule has 2 fully saturated rings. The third kappa shape index (κ3) is 5.59. The van der Waals surface area contributed by atoms with Crippen molar-refractivity contribution in [3.05, 3.63) is 59.8 Å². The van der Waals surface area contributed by atoms with Crippen LogP contribution in [-0.2, 0) is 20.6 Å². The number of carbonyl (C=O) groups is 3. The summed E-state index contributed by atoms with van der Waals surface area (Å²) in [6.07, 6.45) is -3.28. The molecule has 1 aromatic carbocycles. The van der Waals surface area contributed by atoms with Crippen LogP contribution in [0.3, 0.4) is 0 Å². The van der Waals surface area contributed by atoms with Crippen LogP contribution in [-0.4, -0.2) is 91.4 Å². The van der Waals surface area contributed by atoms with E-state index in [2.05, 4.69) is 21.4 Å². The highest BCUT2D eigenvalue weighted by Crippen LogP contribution is 2.41. The topological polar surface area (TPSA) is 80.3 Å². The van der Waals surface area contributed by atoms with Gasteiger partial charge in [0.05, 0.1) is 16.9 Å². The maximum atomic E-state index is 14.0. The van der Waals surface area contributed by atoms with E-state index in [9.17, 15) is 27.6 Å². The first-order valence-corrected chi connectivity index (χ1v) is 14.0. The van der Waals surface area contributed by atoms with Crippen molar-refractivity contribution >= 4 is 34.9 Å². The van der Waals surface area contributed by atoms with E-state index in [4.69, 9.17) is 0 Å². The highest BCUT2D eigenvalue weighted by atomic mass is 19.4. The number of halogens is 3. The maximum Gasteiger partial charge on any atom is 0.416 e. The van der Waals surface area contributed by atoms with E-state index in [0.29, 0.717) is 51.5 Å². The van der Waals surface area contributed by atoms with Crippen LogP contribution in [0.4, 0.5) is 30.4 Å². The number of alkyl halides is 3. The Balaban J connectivity index is 1.46. The number of para-hydroxylation sites is 1. The van der Waals surface area contributed by atoms with Crippen LogP contribution in [0.1, 0.15) is 23.2 Å². The Morgan fingerprint density at radius 3 is 2.48 bits per heavy atom. The Kier molecular flexibility index (Phi) is 8.02. The first-order valence-electron chi connectivity index (χ1n) is 14.0. The lowest BCUT2D eigenvalue weighted by Gasteiger charge is -2.41. The van der Waals surface area contributed by atoms with Gasteiger partial charge in [-0.2, -0.15) is 13.2 Å². The summed E-state index contributed by atoms with van der Waals surface area (Å²) in [6, 6.07) is 6.47. The summed E-state index contributed by atoms with van der Waals surface area (Å²) in [5.41, 5.74) is 1.74. The number of benzene rings is 1. The molecule has 4 heterocycles. The molecule has 42 heavy (non-hydrogen) atoms. The summed E-state index contributed by atoms with van der Waals surface area (Å²) in [6.45, 7) is 11.3. The van der Waals surface area contributed by atoms with Gasteiger partial charge in [0.15, 0.2) is 0 Å². The number of carbonyl (C=O) groups excluding carboxylic acids is 3. The van der Waals surface area contributed by atoms with Crippen molar-refractivity contribution in [2.24, 2.45) is 5.92 Å². The fourth-order valence-electron chi connectivity index (χ4n) is 6.29. The Morgan fingerprint density at radius 2 is 1.81 bits per heavy atom. The van der Waals surface area contributed by atoms with Gasteiger partial charge in [-0.15, -0.1) is 0 Å². The van der Waals surface area contributed by atoms with E-state index < -0.39 is 29.6 Å². The number of hydrogen-bond donors (Lipinski definition) is 0. The van der Waals surface area contributed by atoms with Crippen LogP contribution < -0.4 is 14.7 Å². The van der Waals surface area contributed by atoms with Gasteiger partial charge in [-0.25, -0.2) is 4.98 Å². The first-order chi connectivity index (χ1) is 19.9. The smallest absolute Gasteiger partial charge is 0.368 e. The highest BCUT2D eigenvalue weighted by molar-refractivity contribution is 6.10. The molecule has 2 aromatic rings. The number of hydrogen-bond acceptors (Lipinski definition) is 6. The van der Waals surface area contributed by atoms with E-state index in [1.165, 1.54) is 22.8 Å². The lowest BCUT2D eigenvalue weighted by molar-refractivity contribution is -0.137. The molecule has 0 spiro atoms. The van der Waals surface area contributed by atoms with Crippen molar-refractivity contribution in [3.63, 3.8) is 0 Å². The molecule has 0 N–H and O–H groups in total. The van der Waals surface area contributed by atoms with Gasteiger partial charge in [0.1, 0.15) is 11.9 Å². The molecule has 0 radical (unpaired) electrons. The van der Waals surface area contributed by atoms with Gasteiger partial charge in [0.2, 0.25) is 17.7 Å². The third-order valence-corrected chi connectivity index (χ3v) is 8.42. The average Bonchev–Trinajstić information content (AvgIpc) is 3.28.